The molecule has 0 amide bonds. The van der Waals surface area contributed by atoms with Gasteiger partial charge in [-0.3, -0.25) is 0 Å². The van der Waals surface area contributed by atoms with Gasteiger partial charge in [-0.15, -0.1) is 0 Å². The molecule has 0 fully saturated rings. The normalized spacial score (nSPS) is 10.4. The van der Waals surface area contributed by atoms with E-state index in [1.54, 1.807) is 19.1 Å². The number of hydrogen-bond acceptors (Lipinski definition) is 1. The SMILES string of the molecule is Cc1ccc(Cl)cc1OC(F)F. The van der Waals surface area contributed by atoms with Crippen molar-refractivity contribution >= 4 is 11.6 Å². The molecule has 0 unspecified atom stereocenters. The fourth-order valence-corrected chi connectivity index (χ4v) is 0.959. The predicted octanol–water partition coefficient (Wildman–Crippen LogP) is 3.25. The molecule has 0 heterocycles. The molecule has 4 heteroatoms. The van der Waals surface area contributed by atoms with Crippen molar-refractivity contribution < 1.29 is 13.5 Å². The average molecular weight is 193 g/mol. The lowest BCUT2D eigenvalue weighted by Gasteiger charge is -2.07. The fourth-order valence-electron chi connectivity index (χ4n) is 0.797. The Morgan fingerprint density at radius 3 is 2.67 bits per heavy atom. The summed E-state index contributed by atoms with van der Waals surface area (Å²) in [6.07, 6.45) is 0. The smallest absolute Gasteiger partial charge is 0.387 e. The second kappa shape index (κ2) is 3.72. The summed E-state index contributed by atoms with van der Waals surface area (Å²) in [5, 5.41) is 0.385. The Labute approximate surface area is 73.9 Å². The van der Waals surface area contributed by atoms with Crippen LogP contribution in [0, 0.1) is 6.92 Å². The molecular formula is C8H7ClF2O. The van der Waals surface area contributed by atoms with Crippen molar-refractivity contribution in [3.8, 4) is 5.75 Å². The van der Waals surface area contributed by atoms with Crippen LogP contribution in [0.25, 0.3) is 0 Å². The van der Waals surface area contributed by atoms with E-state index in [2.05, 4.69) is 4.74 Å². The highest BCUT2D eigenvalue weighted by atomic mass is 35.5. The third-order valence-electron chi connectivity index (χ3n) is 1.37. The number of rotatable bonds is 2. The molecule has 0 N–H and O–H groups in total. The first-order chi connectivity index (χ1) is 5.59. The molecular weight excluding hydrogens is 186 g/mol. The van der Waals surface area contributed by atoms with Gasteiger partial charge in [0.15, 0.2) is 0 Å². The van der Waals surface area contributed by atoms with Crippen LogP contribution in [0.4, 0.5) is 8.78 Å². The van der Waals surface area contributed by atoms with E-state index < -0.39 is 6.61 Å². The molecule has 0 aliphatic carbocycles. The molecule has 0 radical (unpaired) electrons. The first kappa shape index (κ1) is 9.26. The number of ether oxygens (including phenoxy) is 1. The highest BCUT2D eigenvalue weighted by Gasteiger charge is 2.06. The molecule has 1 aromatic carbocycles. The van der Waals surface area contributed by atoms with Crippen molar-refractivity contribution in [2.75, 3.05) is 0 Å². The molecule has 0 atom stereocenters. The molecule has 0 aliphatic rings. The number of hydrogen-bond donors (Lipinski definition) is 0. The van der Waals surface area contributed by atoms with Gasteiger partial charge in [-0.2, -0.15) is 8.78 Å². The van der Waals surface area contributed by atoms with Gasteiger partial charge in [0.25, 0.3) is 0 Å². The maximum Gasteiger partial charge on any atom is 0.387 e. The third kappa shape index (κ3) is 2.34. The van der Waals surface area contributed by atoms with Crippen LogP contribution in [0.1, 0.15) is 5.56 Å². The molecule has 0 bridgehead atoms. The summed E-state index contributed by atoms with van der Waals surface area (Å²) >= 11 is 5.58. The summed E-state index contributed by atoms with van der Waals surface area (Å²) in [7, 11) is 0. The van der Waals surface area contributed by atoms with Crippen molar-refractivity contribution in [1.29, 1.82) is 0 Å². The molecule has 1 aromatic rings. The summed E-state index contributed by atoms with van der Waals surface area (Å²) in [4.78, 5) is 0. The van der Waals surface area contributed by atoms with Gasteiger partial charge in [0.05, 0.1) is 0 Å². The van der Waals surface area contributed by atoms with Crippen molar-refractivity contribution in [2.24, 2.45) is 0 Å². The molecule has 0 aliphatic heterocycles. The van der Waals surface area contributed by atoms with Gasteiger partial charge in [0.1, 0.15) is 5.75 Å². The number of halogens is 3. The van der Waals surface area contributed by atoms with Crippen LogP contribution in [0.15, 0.2) is 18.2 Å². The number of alkyl halides is 2. The lowest BCUT2D eigenvalue weighted by atomic mass is 10.2. The molecule has 1 rings (SSSR count). The van der Waals surface area contributed by atoms with Gasteiger partial charge in [-0.1, -0.05) is 17.7 Å². The van der Waals surface area contributed by atoms with E-state index in [4.69, 9.17) is 11.6 Å². The lowest BCUT2D eigenvalue weighted by molar-refractivity contribution is -0.0502. The quantitative estimate of drug-likeness (QED) is 0.699. The fraction of sp³-hybridized carbons (Fsp3) is 0.250. The number of aryl methyl sites for hydroxylation is 1. The van der Waals surface area contributed by atoms with Gasteiger partial charge in [-0.25, -0.2) is 0 Å². The molecule has 66 valence electrons. The van der Waals surface area contributed by atoms with E-state index in [1.165, 1.54) is 6.07 Å². The molecule has 1 nitrogen and oxygen atoms in total. The predicted molar refractivity (Wildman–Crippen MR) is 42.8 cm³/mol. The summed E-state index contributed by atoms with van der Waals surface area (Å²) in [6, 6.07) is 4.61. The van der Waals surface area contributed by atoms with E-state index in [0.717, 1.165) is 0 Å². The third-order valence-corrected chi connectivity index (χ3v) is 1.60. The highest BCUT2D eigenvalue weighted by molar-refractivity contribution is 6.30. The van der Waals surface area contributed by atoms with Crippen LogP contribution in [0.2, 0.25) is 5.02 Å². The van der Waals surface area contributed by atoms with E-state index in [-0.39, 0.29) is 5.75 Å². The van der Waals surface area contributed by atoms with Crippen molar-refractivity contribution in [3.05, 3.63) is 28.8 Å². The Kier molecular flexibility index (Phi) is 2.87. The van der Waals surface area contributed by atoms with E-state index in [9.17, 15) is 8.78 Å². The summed E-state index contributed by atoms with van der Waals surface area (Å²) in [5.41, 5.74) is 0.639. The second-order valence-corrected chi connectivity index (χ2v) is 2.72. The summed E-state index contributed by atoms with van der Waals surface area (Å²) in [6.45, 7) is -1.13. The lowest BCUT2D eigenvalue weighted by Crippen LogP contribution is -2.02. The monoisotopic (exact) mass is 192 g/mol. The Bertz CT molecular complexity index is 276. The Balaban J connectivity index is 2.90. The van der Waals surface area contributed by atoms with Gasteiger partial charge in [-0.05, 0) is 24.6 Å². The first-order valence-corrected chi connectivity index (χ1v) is 3.68. The number of benzene rings is 1. The summed E-state index contributed by atoms with van der Waals surface area (Å²) in [5.74, 6) is 0.123. The van der Waals surface area contributed by atoms with Crippen molar-refractivity contribution in [1.82, 2.24) is 0 Å². The highest BCUT2D eigenvalue weighted by Crippen LogP contribution is 2.23. The largest absolute Gasteiger partial charge is 0.435 e. The molecule has 0 saturated heterocycles. The van der Waals surface area contributed by atoms with Crippen LogP contribution < -0.4 is 4.74 Å². The average Bonchev–Trinajstić information content (AvgIpc) is 1.96. The Morgan fingerprint density at radius 2 is 2.08 bits per heavy atom. The van der Waals surface area contributed by atoms with Gasteiger partial charge >= 0.3 is 6.61 Å². The van der Waals surface area contributed by atoms with E-state index in [1.807, 2.05) is 0 Å². The van der Waals surface area contributed by atoms with Crippen LogP contribution >= 0.6 is 11.6 Å². The van der Waals surface area contributed by atoms with Crippen LogP contribution in [-0.2, 0) is 0 Å². The minimum atomic E-state index is -2.80. The van der Waals surface area contributed by atoms with Gasteiger partial charge < -0.3 is 4.74 Å². The minimum Gasteiger partial charge on any atom is -0.435 e. The molecule has 12 heavy (non-hydrogen) atoms. The molecule has 0 spiro atoms. The Hall–Kier alpha value is -0.830. The van der Waals surface area contributed by atoms with Crippen molar-refractivity contribution in [3.63, 3.8) is 0 Å². The van der Waals surface area contributed by atoms with Crippen LogP contribution in [0.3, 0.4) is 0 Å². The maximum absolute atomic E-state index is 11.8. The minimum absolute atomic E-state index is 0.123. The first-order valence-electron chi connectivity index (χ1n) is 3.30. The zero-order valence-electron chi connectivity index (χ0n) is 6.35. The van der Waals surface area contributed by atoms with E-state index >= 15 is 0 Å². The standard InChI is InChI=1S/C8H7ClF2O/c1-5-2-3-6(9)4-7(5)12-8(10)11/h2-4,8H,1H3. The maximum atomic E-state index is 11.8. The Morgan fingerprint density at radius 1 is 1.42 bits per heavy atom. The van der Waals surface area contributed by atoms with Gasteiger partial charge in [0.2, 0.25) is 0 Å². The van der Waals surface area contributed by atoms with Gasteiger partial charge in [0, 0.05) is 5.02 Å². The zero-order chi connectivity index (χ0) is 9.14. The molecule has 0 saturated carbocycles. The van der Waals surface area contributed by atoms with Crippen LogP contribution in [0.5, 0.6) is 5.75 Å². The topological polar surface area (TPSA) is 9.23 Å². The second-order valence-electron chi connectivity index (χ2n) is 2.29. The zero-order valence-corrected chi connectivity index (χ0v) is 7.11. The molecule has 0 aromatic heterocycles. The van der Waals surface area contributed by atoms with Crippen LogP contribution in [-0.4, -0.2) is 6.61 Å². The van der Waals surface area contributed by atoms with Crippen molar-refractivity contribution in [2.45, 2.75) is 13.5 Å². The summed E-state index contributed by atoms with van der Waals surface area (Å²) < 4.78 is 27.7. The van der Waals surface area contributed by atoms with E-state index in [0.29, 0.717) is 10.6 Å².